The molecule has 0 saturated carbocycles. The zero-order valence-corrected chi connectivity index (χ0v) is 10.4. The molecule has 0 radical (unpaired) electrons. The van der Waals surface area contributed by atoms with Gasteiger partial charge in [-0.1, -0.05) is 19.1 Å². The molecule has 0 N–H and O–H groups in total. The van der Waals surface area contributed by atoms with Crippen LogP contribution >= 0.6 is 0 Å². The lowest BCUT2D eigenvalue weighted by Crippen LogP contribution is -2.32. The SMILES string of the molecule is CC1CCN(c2ccc(C(C)(F)F)cc2)CC1. The van der Waals surface area contributed by atoms with Crippen LogP contribution in [-0.2, 0) is 5.92 Å². The van der Waals surface area contributed by atoms with E-state index in [1.807, 2.05) is 12.1 Å². The van der Waals surface area contributed by atoms with Crippen molar-refractivity contribution < 1.29 is 8.78 Å². The van der Waals surface area contributed by atoms with Gasteiger partial charge in [0, 0.05) is 31.3 Å². The van der Waals surface area contributed by atoms with Crippen molar-refractivity contribution in [3.8, 4) is 0 Å². The first-order valence-corrected chi connectivity index (χ1v) is 6.20. The first-order valence-electron chi connectivity index (χ1n) is 6.20. The van der Waals surface area contributed by atoms with Crippen LogP contribution in [0.25, 0.3) is 0 Å². The Labute approximate surface area is 101 Å². The molecule has 1 heterocycles. The fourth-order valence-corrected chi connectivity index (χ4v) is 2.23. The molecule has 0 atom stereocenters. The zero-order chi connectivity index (χ0) is 12.5. The molecule has 0 aliphatic carbocycles. The highest BCUT2D eigenvalue weighted by atomic mass is 19.3. The van der Waals surface area contributed by atoms with Gasteiger partial charge >= 0.3 is 0 Å². The van der Waals surface area contributed by atoms with Crippen LogP contribution in [-0.4, -0.2) is 13.1 Å². The van der Waals surface area contributed by atoms with Crippen molar-refractivity contribution in [3.05, 3.63) is 29.8 Å². The third-order valence-electron chi connectivity index (χ3n) is 3.52. The van der Waals surface area contributed by atoms with Crippen LogP contribution in [0.3, 0.4) is 0 Å². The topological polar surface area (TPSA) is 3.24 Å². The van der Waals surface area contributed by atoms with E-state index in [1.54, 1.807) is 0 Å². The average Bonchev–Trinajstić information content (AvgIpc) is 2.29. The quantitative estimate of drug-likeness (QED) is 0.753. The summed E-state index contributed by atoms with van der Waals surface area (Å²) < 4.78 is 26.1. The second kappa shape index (κ2) is 4.63. The Kier molecular flexibility index (Phi) is 3.36. The van der Waals surface area contributed by atoms with Gasteiger partial charge in [0.25, 0.3) is 5.92 Å². The molecule has 1 aliphatic rings. The van der Waals surface area contributed by atoms with Crippen LogP contribution in [0.5, 0.6) is 0 Å². The molecule has 0 aromatic heterocycles. The highest BCUT2D eigenvalue weighted by molar-refractivity contribution is 5.48. The molecule has 0 spiro atoms. The highest BCUT2D eigenvalue weighted by Gasteiger charge is 2.24. The molecular weight excluding hydrogens is 220 g/mol. The van der Waals surface area contributed by atoms with Gasteiger partial charge in [0.1, 0.15) is 0 Å². The third-order valence-corrected chi connectivity index (χ3v) is 3.52. The van der Waals surface area contributed by atoms with Gasteiger partial charge in [-0.25, -0.2) is 8.78 Å². The van der Waals surface area contributed by atoms with Gasteiger partial charge in [-0.2, -0.15) is 0 Å². The van der Waals surface area contributed by atoms with Crippen molar-refractivity contribution in [2.75, 3.05) is 18.0 Å². The van der Waals surface area contributed by atoms with Gasteiger partial charge in [-0.05, 0) is 30.9 Å². The number of alkyl halides is 2. The van der Waals surface area contributed by atoms with E-state index in [-0.39, 0.29) is 5.56 Å². The molecule has 0 amide bonds. The highest BCUT2D eigenvalue weighted by Crippen LogP contribution is 2.29. The van der Waals surface area contributed by atoms with Crippen LogP contribution in [0, 0.1) is 5.92 Å². The van der Waals surface area contributed by atoms with Crippen LogP contribution < -0.4 is 4.90 Å². The summed E-state index contributed by atoms with van der Waals surface area (Å²) in [7, 11) is 0. The van der Waals surface area contributed by atoms with Crippen molar-refractivity contribution in [2.24, 2.45) is 5.92 Å². The lowest BCUT2D eigenvalue weighted by atomic mass is 9.98. The smallest absolute Gasteiger partial charge is 0.270 e. The molecule has 94 valence electrons. The summed E-state index contributed by atoms with van der Waals surface area (Å²) in [4.78, 5) is 2.28. The van der Waals surface area contributed by atoms with Crippen LogP contribution in [0.15, 0.2) is 24.3 Å². The second-order valence-electron chi connectivity index (χ2n) is 5.10. The number of hydrogen-bond acceptors (Lipinski definition) is 1. The minimum absolute atomic E-state index is 0.0895. The summed E-state index contributed by atoms with van der Waals surface area (Å²) in [5.74, 6) is -1.96. The molecule has 0 bridgehead atoms. The summed E-state index contributed by atoms with van der Waals surface area (Å²) in [5.41, 5.74) is 1.15. The molecule has 1 nitrogen and oxygen atoms in total. The molecule has 1 fully saturated rings. The van der Waals surface area contributed by atoms with E-state index >= 15 is 0 Å². The predicted octanol–water partition coefficient (Wildman–Crippen LogP) is 4.03. The van der Waals surface area contributed by atoms with Crippen molar-refractivity contribution in [2.45, 2.75) is 32.6 Å². The Hall–Kier alpha value is -1.12. The van der Waals surface area contributed by atoms with Gasteiger partial charge in [0.05, 0.1) is 0 Å². The number of rotatable bonds is 2. The van der Waals surface area contributed by atoms with Crippen LogP contribution in [0.2, 0.25) is 0 Å². The van der Waals surface area contributed by atoms with Gasteiger partial charge in [0.15, 0.2) is 0 Å². The number of hydrogen-bond donors (Lipinski definition) is 0. The Morgan fingerprint density at radius 3 is 2.12 bits per heavy atom. The second-order valence-corrected chi connectivity index (χ2v) is 5.10. The summed E-state index contributed by atoms with van der Waals surface area (Å²) >= 11 is 0. The molecule has 17 heavy (non-hydrogen) atoms. The normalized spacial score (nSPS) is 18.5. The van der Waals surface area contributed by atoms with Gasteiger partial charge in [-0.3, -0.25) is 0 Å². The lowest BCUT2D eigenvalue weighted by molar-refractivity contribution is 0.0175. The third kappa shape index (κ3) is 2.96. The fourth-order valence-electron chi connectivity index (χ4n) is 2.23. The number of benzene rings is 1. The maximum atomic E-state index is 13.1. The van der Waals surface area contributed by atoms with Crippen molar-refractivity contribution in [1.82, 2.24) is 0 Å². The predicted molar refractivity (Wildman–Crippen MR) is 66.6 cm³/mol. The summed E-state index contributed by atoms with van der Waals surface area (Å²) in [5, 5.41) is 0. The Balaban J connectivity index is 2.08. The molecule has 1 aromatic carbocycles. The molecule has 1 aromatic rings. The van der Waals surface area contributed by atoms with E-state index in [0.29, 0.717) is 0 Å². The average molecular weight is 239 g/mol. The van der Waals surface area contributed by atoms with Crippen molar-refractivity contribution in [1.29, 1.82) is 0 Å². The maximum absolute atomic E-state index is 13.1. The Morgan fingerprint density at radius 2 is 1.65 bits per heavy atom. The molecule has 2 rings (SSSR count). The van der Waals surface area contributed by atoms with E-state index in [1.165, 1.54) is 25.0 Å². The summed E-state index contributed by atoms with van der Waals surface area (Å²) in [6, 6.07) is 6.69. The largest absolute Gasteiger partial charge is 0.372 e. The number of nitrogens with zero attached hydrogens (tertiary/aromatic N) is 1. The minimum Gasteiger partial charge on any atom is -0.372 e. The summed E-state index contributed by atoms with van der Waals surface area (Å²) in [6.45, 7) is 5.26. The minimum atomic E-state index is -2.74. The van der Waals surface area contributed by atoms with Gasteiger partial charge in [0.2, 0.25) is 0 Å². The maximum Gasteiger partial charge on any atom is 0.270 e. The molecule has 1 saturated heterocycles. The van der Waals surface area contributed by atoms with E-state index in [2.05, 4.69) is 11.8 Å². The van der Waals surface area contributed by atoms with Gasteiger partial charge in [-0.15, -0.1) is 0 Å². The van der Waals surface area contributed by atoms with Crippen LogP contribution in [0.4, 0.5) is 14.5 Å². The van der Waals surface area contributed by atoms with E-state index in [0.717, 1.165) is 31.6 Å². The standard InChI is InChI=1S/C14H19F2N/c1-11-7-9-17(10-8-11)13-5-3-12(4-6-13)14(2,15)16/h3-6,11H,7-10H2,1-2H3. The Morgan fingerprint density at radius 1 is 1.12 bits per heavy atom. The number of anilines is 1. The Bertz CT molecular complexity index is 359. The van der Waals surface area contributed by atoms with Gasteiger partial charge < -0.3 is 4.90 Å². The zero-order valence-electron chi connectivity index (χ0n) is 10.4. The molecule has 0 unspecified atom stereocenters. The van der Waals surface area contributed by atoms with E-state index in [9.17, 15) is 8.78 Å². The van der Waals surface area contributed by atoms with E-state index in [4.69, 9.17) is 0 Å². The van der Waals surface area contributed by atoms with Crippen molar-refractivity contribution >= 4 is 5.69 Å². The number of piperidine rings is 1. The van der Waals surface area contributed by atoms with Crippen molar-refractivity contribution in [3.63, 3.8) is 0 Å². The lowest BCUT2D eigenvalue weighted by Gasteiger charge is -2.32. The summed E-state index contributed by atoms with van der Waals surface area (Å²) in [6.07, 6.45) is 2.37. The molecular formula is C14H19F2N. The first-order chi connectivity index (χ1) is 7.97. The monoisotopic (exact) mass is 239 g/mol. The van der Waals surface area contributed by atoms with Crippen LogP contribution in [0.1, 0.15) is 32.3 Å². The fraction of sp³-hybridized carbons (Fsp3) is 0.571. The van der Waals surface area contributed by atoms with E-state index < -0.39 is 5.92 Å². The molecule has 1 aliphatic heterocycles. The number of halogens is 2. The molecule has 3 heteroatoms. The first kappa shape index (κ1) is 12.3.